The highest BCUT2D eigenvalue weighted by Gasteiger charge is 2.25. The summed E-state index contributed by atoms with van der Waals surface area (Å²) in [6.07, 6.45) is 1.61. The van der Waals surface area contributed by atoms with E-state index in [1.54, 1.807) is 22.2 Å². The first kappa shape index (κ1) is 20.4. The lowest BCUT2D eigenvalue weighted by Crippen LogP contribution is -2.38. The fourth-order valence-electron chi connectivity index (χ4n) is 4.16. The highest BCUT2D eigenvalue weighted by atomic mass is 32.1. The van der Waals surface area contributed by atoms with Crippen molar-refractivity contribution >= 4 is 32.5 Å². The second-order valence-corrected chi connectivity index (χ2v) is 9.40. The fraction of sp³-hybridized carbons (Fsp3) is 0.304. The molecule has 0 radical (unpaired) electrons. The van der Waals surface area contributed by atoms with Gasteiger partial charge in [0.25, 0.3) is 5.56 Å². The second kappa shape index (κ2) is 7.59. The molecule has 1 N–H and O–H groups in total. The molecular weight excluding hydrogens is 424 g/mol. The summed E-state index contributed by atoms with van der Waals surface area (Å²) in [5.41, 5.74) is 2.94. The summed E-state index contributed by atoms with van der Waals surface area (Å²) in [6.45, 7) is 6.94. The average molecular weight is 449 g/mol. The number of aromatic nitrogens is 6. The Hall–Kier alpha value is -3.46. The van der Waals surface area contributed by atoms with Crippen molar-refractivity contribution in [1.29, 1.82) is 0 Å². The Kier molecular flexibility index (Phi) is 4.85. The molecular formula is C23H24N6O2S. The van der Waals surface area contributed by atoms with Crippen LogP contribution in [0.5, 0.6) is 0 Å². The van der Waals surface area contributed by atoms with Crippen LogP contribution in [-0.4, -0.2) is 28.9 Å². The fourth-order valence-corrected chi connectivity index (χ4v) is 5.11. The van der Waals surface area contributed by atoms with Gasteiger partial charge in [-0.25, -0.2) is 9.78 Å². The van der Waals surface area contributed by atoms with Gasteiger partial charge in [0.05, 0.1) is 12.9 Å². The van der Waals surface area contributed by atoms with Crippen LogP contribution in [0.4, 0.5) is 0 Å². The minimum Gasteiger partial charge on any atom is -0.348 e. The van der Waals surface area contributed by atoms with E-state index in [0.717, 1.165) is 16.6 Å². The van der Waals surface area contributed by atoms with Gasteiger partial charge in [0.1, 0.15) is 16.8 Å². The molecule has 0 aliphatic carbocycles. The number of nitrogens with one attached hydrogen (secondary N) is 1. The largest absolute Gasteiger partial charge is 0.348 e. The van der Waals surface area contributed by atoms with Crippen LogP contribution >= 0.6 is 11.3 Å². The normalized spacial score (nSPS) is 11.9. The number of hydrogen-bond donors (Lipinski definition) is 1. The van der Waals surface area contributed by atoms with Crippen molar-refractivity contribution in [2.24, 2.45) is 13.0 Å². The molecule has 0 fully saturated rings. The van der Waals surface area contributed by atoms with Crippen molar-refractivity contribution in [2.45, 2.75) is 33.9 Å². The predicted octanol–water partition coefficient (Wildman–Crippen LogP) is 3.51. The van der Waals surface area contributed by atoms with E-state index < -0.39 is 0 Å². The molecule has 5 rings (SSSR count). The Morgan fingerprint density at radius 3 is 2.69 bits per heavy atom. The molecule has 4 heterocycles. The zero-order valence-electron chi connectivity index (χ0n) is 18.4. The van der Waals surface area contributed by atoms with Crippen molar-refractivity contribution in [3.8, 4) is 11.4 Å². The van der Waals surface area contributed by atoms with Gasteiger partial charge in [-0.3, -0.25) is 18.6 Å². The van der Waals surface area contributed by atoms with Crippen LogP contribution in [0.25, 0.3) is 32.5 Å². The molecule has 4 aromatic heterocycles. The molecule has 1 aromatic carbocycles. The summed E-state index contributed by atoms with van der Waals surface area (Å²) >= 11 is 1.68. The van der Waals surface area contributed by atoms with E-state index in [0.29, 0.717) is 35.5 Å². The first-order chi connectivity index (χ1) is 15.4. The van der Waals surface area contributed by atoms with Crippen molar-refractivity contribution < 1.29 is 0 Å². The molecule has 0 atom stereocenters. The van der Waals surface area contributed by atoms with Gasteiger partial charge in [-0.15, -0.1) is 11.3 Å². The highest BCUT2D eigenvalue weighted by Crippen LogP contribution is 2.31. The van der Waals surface area contributed by atoms with Crippen molar-refractivity contribution in [3.05, 3.63) is 68.1 Å². The third-order valence-electron chi connectivity index (χ3n) is 5.71. The maximum absolute atomic E-state index is 13.3. The van der Waals surface area contributed by atoms with E-state index in [1.165, 1.54) is 16.3 Å². The number of aromatic amines is 1. The molecule has 0 saturated heterocycles. The smallest absolute Gasteiger partial charge is 0.332 e. The van der Waals surface area contributed by atoms with E-state index >= 15 is 0 Å². The van der Waals surface area contributed by atoms with Crippen LogP contribution in [0.1, 0.15) is 25.1 Å². The Balaban J connectivity index is 1.84. The first-order valence-corrected chi connectivity index (χ1v) is 11.4. The molecule has 0 aliphatic heterocycles. The van der Waals surface area contributed by atoms with E-state index in [2.05, 4.69) is 27.5 Å². The zero-order chi connectivity index (χ0) is 22.6. The summed E-state index contributed by atoms with van der Waals surface area (Å²) in [4.78, 5) is 33.9. The predicted molar refractivity (Wildman–Crippen MR) is 127 cm³/mol. The Morgan fingerprint density at radius 1 is 1.19 bits per heavy atom. The van der Waals surface area contributed by atoms with Gasteiger partial charge >= 0.3 is 5.69 Å². The van der Waals surface area contributed by atoms with E-state index in [4.69, 9.17) is 5.10 Å². The first-order valence-electron chi connectivity index (χ1n) is 10.5. The number of hydrogen-bond acceptors (Lipinski definition) is 5. The molecule has 0 bridgehead atoms. The van der Waals surface area contributed by atoms with Gasteiger partial charge in [-0.2, -0.15) is 5.10 Å². The number of rotatable bonds is 5. The van der Waals surface area contributed by atoms with Crippen LogP contribution in [0.2, 0.25) is 0 Å². The summed E-state index contributed by atoms with van der Waals surface area (Å²) in [5.74, 6) is 0.218. The maximum Gasteiger partial charge on any atom is 0.332 e. The lowest BCUT2D eigenvalue weighted by molar-refractivity contribution is 0.498. The van der Waals surface area contributed by atoms with Crippen molar-refractivity contribution in [2.75, 3.05) is 0 Å². The quantitative estimate of drug-likeness (QED) is 0.445. The van der Waals surface area contributed by atoms with Gasteiger partial charge in [0.2, 0.25) is 0 Å². The summed E-state index contributed by atoms with van der Waals surface area (Å²) in [5, 5.41) is 8.53. The van der Waals surface area contributed by atoms with Gasteiger partial charge in [0.15, 0.2) is 5.65 Å². The van der Waals surface area contributed by atoms with Gasteiger partial charge in [-0.05, 0) is 35.2 Å². The minimum absolute atomic E-state index is 0.218. The molecule has 0 saturated carbocycles. The number of imidazole rings is 1. The Morgan fingerprint density at radius 2 is 1.97 bits per heavy atom. The van der Waals surface area contributed by atoms with Gasteiger partial charge < -0.3 is 4.98 Å². The number of fused-ring (bicyclic) bond motifs is 2. The highest BCUT2D eigenvalue weighted by molar-refractivity contribution is 7.17. The molecule has 164 valence electrons. The van der Waals surface area contributed by atoms with Gasteiger partial charge in [0, 0.05) is 24.0 Å². The molecule has 0 aliphatic rings. The number of nitrogens with zero attached hydrogens (tertiary/aromatic N) is 5. The van der Waals surface area contributed by atoms with Crippen molar-refractivity contribution in [3.63, 3.8) is 0 Å². The summed E-state index contributed by atoms with van der Waals surface area (Å²) < 4.78 is 5.79. The van der Waals surface area contributed by atoms with Crippen molar-refractivity contribution in [1.82, 2.24) is 28.9 Å². The van der Waals surface area contributed by atoms with Crippen LogP contribution < -0.4 is 11.2 Å². The third-order valence-corrected chi connectivity index (χ3v) is 6.72. The monoisotopic (exact) mass is 448 g/mol. The SMILES string of the molecule is Cc1[nH]cnc1-c1c2c(=O)n(C)c(=O)n(CC(C)C)c2nn1Cc1csc2ccccc12. The number of H-pyrrole nitrogens is 1. The second-order valence-electron chi connectivity index (χ2n) is 8.49. The molecule has 9 heteroatoms. The zero-order valence-corrected chi connectivity index (χ0v) is 19.2. The Labute approximate surface area is 187 Å². The summed E-state index contributed by atoms with van der Waals surface area (Å²) in [6, 6.07) is 8.24. The standard InChI is InChI=1S/C23H24N6O2S/c1-13(2)9-28-21-18(22(30)27(4)23(28)31)20(19-14(3)24-12-25-19)29(26-21)10-15-11-32-17-8-6-5-7-16(15)17/h5-8,11-13H,9-10H2,1-4H3,(H,24,25). The average Bonchev–Trinajstić information content (AvgIpc) is 3.47. The maximum atomic E-state index is 13.3. The molecule has 5 aromatic rings. The van der Waals surface area contributed by atoms with Crippen LogP contribution in [0.3, 0.4) is 0 Å². The molecule has 0 amide bonds. The van der Waals surface area contributed by atoms with Crippen LogP contribution in [-0.2, 0) is 20.1 Å². The van der Waals surface area contributed by atoms with E-state index in [9.17, 15) is 9.59 Å². The van der Waals surface area contributed by atoms with Crippen LogP contribution in [0, 0.1) is 12.8 Å². The van der Waals surface area contributed by atoms with Gasteiger partial charge in [-0.1, -0.05) is 32.0 Å². The lowest BCUT2D eigenvalue weighted by atomic mass is 10.1. The molecule has 32 heavy (non-hydrogen) atoms. The van der Waals surface area contributed by atoms with Crippen LogP contribution in [0.15, 0.2) is 45.6 Å². The molecule has 0 spiro atoms. The lowest BCUT2D eigenvalue weighted by Gasteiger charge is -2.10. The third kappa shape index (κ3) is 3.12. The number of benzene rings is 1. The molecule has 8 nitrogen and oxygen atoms in total. The van der Waals surface area contributed by atoms with E-state index in [1.807, 2.05) is 37.6 Å². The number of aryl methyl sites for hydroxylation is 1. The minimum atomic E-state index is -0.358. The topological polar surface area (TPSA) is 90.5 Å². The summed E-state index contributed by atoms with van der Waals surface area (Å²) in [7, 11) is 1.52. The number of thiophene rings is 1. The Bertz CT molecular complexity index is 1580. The van der Waals surface area contributed by atoms with E-state index in [-0.39, 0.29) is 17.2 Å². The molecule has 0 unspecified atom stereocenters.